The van der Waals surface area contributed by atoms with E-state index in [1.807, 2.05) is 0 Å². The summed E-state index contributed by atoms with van der Waals surface area (Å²) < 4.78 is 31.8. The molecular formula is C14H12F2N2O2. The van der Waals surface area contributed by atoms with Crippen molar-refractivity contribution in [2.45, 2.75) is 13.8 Å². The summed E-state index contributed by atoms with van der Waals surface area (Å²) in [7, 11) is 0. The molecule has 104 valence electrons. The van der Waals surface area contributed by atoms with E-state index in [1.165, 1.54) is 6.07 Å². The summed E-state index contributed by atoms with van der Waals surface area (Å²) in [5.74, 6) is -0.965. The standard InChI is InChI=1S/C14H12F2N2O2/c1-8-6-10(9(2)20-8)14(19)18-17-7-11-12(15)4-3-5-13(11)16/h3-7H,1-2H3,(H,18,19)/b17-7+. The average Bonchev–Trinajstić information content (AvgIpc) is 2.72. The minimum Gasteiger partial charge on any atom is -0.466 e. The minimum atomic E-state index is -0.752. The molecule has 1 aromatic heterocycles. The van der Waals surface area contributed by atoms with E-state index >= 15 is 0 Å². The summed E-state index contributed by atoms with van der Waals surface area (Å²) in [6.07, 6.45) is 0.921. The van der Waals surface area contributed by atoms with Crippen molar-refractivity contribution in [2.24, 2.45) is 5.10 Å². The Kier molecular flexibility index (Phi) is 3.93. The number of hydrazone groups is 1. The van der Waals surface area contributed by atoms with Crippen LogP contribution in [0.5, 0.6) is 0 Å². The van der Waals surface area contributed by atoms with Crippen LogP contribution in [-0.4, -0.2) is 12.1 Å². The molecule has 0 spiro atoms. The molecule has 1 heterocycles. The Bertz CT molecular complexity index is 658. The Labute approximate surface area is 114 Å². The molecule has 0 radical (unpaired) electrons. The van der Waals surface area contributed by atoms with Gasteiger partial charge in [-0.15, -0.1) is 0 Å². The van der Waals surface area contributed by atoms with Crippen molar-refractivity contribution in [3.63, 3.8) is 0 Å². The number of nitrogens with one attached hydrogen (secondary N) is 1. The Balaban J connectivity index is 2.11. The van der Waals surface area contributed by atoms with Crippen molar-refractivity contribution < 1.29 is 18.0 Å². The monoisotopic (exact) mass is 278 g/mol. The van der Waals surface area contributed by atoms with Gasteiger partial charge in [0.05, 0.1) is 17.3 Å². The van der Waals surface area contributed by atoms with Crippen molar-refractivity contribution in [1.29, 1.82) is 0 Å². The average molecular weight is 278 g/mol. The highest BCUT2D eigenvalue weighted by Gasteiger charge is 2.12. The van der Waals surface area contributed by atoms with Crippen LogP contribution >= 0.6 is 0 Å². The molecule has 2 aromatic rings. The van der Waals surface area contributed by atoms with Crippen molar-refractivity contribution in [2.75, 3.05) is 0 Å². The first kappa shape index (κ1) is 13.9. The van der Waals surface area contributed by atoms with E-state index in [4.69, 9.17) is 4.42 Å². The second-order valence-corrected chi connectivity index (χ2v) is 4.16. The lowest BCUT2D eigenvalue weighted by Gasteiger charge is -1.99. The van der Waals surface area contributed by atoms with Gasteiger partial charge in [0.1, 0.15) is 23.2 Å². The lowest BCUT2D eigenvalue weighted by molar-refractivity contribution is 0.0953. The van der Waals surface area contributed by atoms with Gasteiger partial charge < -0.3 is 4.42 Å². The van der Waals surface area contributed by atoms with Crippen molar-refractivity contribution in [3.05, 3.63) is 58.5 Å². The molecule has 4 nitrogen and oxygen atoms in total. The topological polar surface area (TPSA) is 54.6 Å². The van der Waals surface area contributed by atoms with Crippen molar-refractivity contribution >= 4 is 12.1 Å². The number of hydrogen-bond acceptors (Lipinski definition) is 3. The number of rotatable bonds is 3. The van der Waals surface area contributed by atoms with Gasteiger partial charge in [-0.3, -0.25) is 4.79 Å². The predicted molar refractivity (Wildman–Crippen MR) is 69.6 cm³/mol. The SMILES string of the molecule is Cc1cc(C(=O)N/N=C/c2c(F)cccc2F)c(C)o1. The van der Waals surface area contributed by atoms with Gasteiger partial charge in [-0.25, -0.2) is 14.2 Å². The summed E-state index contributed by atoms with van der Waals surface area (Å²) in [5.41, 5.74) is 2.21. The first-order valence-corrected chi connectivity index (χ1v) is 5.83. The largest absolute Gasteiger partial charge is 0.466 e. The first-order chi connectivity index (χ1) is 9.49. The van der Waals surface area contributed by atoms with Gasteiger partial charge in [0.2, 0.25) is 0 Å². The van der Waals surface area contributed by atoms with Gasteiger partial charge in [0.25, 0.3) is 5.91 Å². The van der Waals surface area contributed by atoms with Crippen LogP contribution in [0.3, 0.4) is 0 Å². The zero-order valence-electron chi connectivity index (χ0n) is 10.9. The van der Waals surface area contributed by atoms with E-state index < -0.39 is 17.5 Å². The predicted octanol–water partition coefficient (Wildman–Crippen LogP) is 2.94. The second-order valence-electron chi connectivity index (χ2n) is 4.16. The summed E-state index contributed by atoms with van der Waals surface area (Å²) in [6.45, 7) is 3.35. The van der Waals surface area contributed by atoms with Crippen LogP contribution in [0.4, 0.5) is 8.78 Å². The smallest absolute Gasteiger partial charge is 0.274 e. The van der Waals surface area contributed by atoms with E-state index in [0.29, 0.717) is 17.1 Å². The van der Waals surface area contributed by atoms with Gasteiger partial charge in [-0.1, -0.05) is 6.07 Å². The van der Waals surface area contributed by atoms with Crippen LogP contribution < -0.4 is 5.43 Å². The number of furan rings is 1. The molecule has 6 heteroatoms. The Morgan fingerprint density at radius 2 is 1.95 bits per heavy atom. The van der Waals surface area contributed by atoms with Crippen LogP contribution in [0.1, 0.15) is 27.4 Å². The molecule has 0 fully saturated rings. The zero-order valence-corrected chi connectivity index (χ0v) is 10.9. The van der Waals surface area contributed by atoms with Gasteiger partial charge in [-0.2, -0.15) is 5.10 Å². The number of halogens is 2. The highest BCUT2D eigenvalue weighted by Crippen LogP contribution is 2.13. The number of aryl methyl sites for hydroxylation is 2. The highest BCUT2D eigenvalue weighted by atomic mass is 19.1. The number of carbonyl (C=O) groups excluding carboxylic acids is 1. The van der Waals surface area contributed by atoms with Gasteiger partial charge >= 0.3 is 0 Å². The molecule has 1 aromatic carbocycles. The molecule has 0 bridgehead atoms. The molecule has 0 unspecified atom stereocenters. The molecule has 2 rings (SSSR count). The fraction of sp³-hybridized carbons (Fsp3) is 0.143. The highest BCUT2D eigenvalue weighted by molar-refractivity contribution is 5.95. The minimum absolute atomic E-state index is 0.312. The fourth-order valence-corrected chi connectivity index (χ4v) is 1.71. The summed E-state index contributed by atoms with van der Waals surface area (Å²) >= 11 is 0. The molecule has 20 heavy (non-hydrogen) atoms. The molecular weight excluding hydrogens is 266 g/mol. The van der Waals surface area contributed by atoms with Crippen LogP contribution in [-0.2, 0) is 0 Å². The van der Waals surface area contributed by atoms with Crippen molar-refractivity contribution in [1.82, 2.24) is 5.43 Å². The summed E-state index contributed by atoms with van der Waals surface area (Å²) in [6, 6.07) is 5.02. The third kappa shape index (κ3) is 2.90. The molecule has 1 N–H and O–H groups in total. The number of carbonyl (C=O) groups is 1. The lowest BCUT2D eigenvalue weighted by Crippen LogP contribution is -2.18. The Morgan fingerprint density at radius 1 is 1.30 bits per heavy atom. The number of benzene rings is 1. The quantitative estimate of drug-likeness (QED) is 0.693. The van der Waals surface area contributed by atoms with E-state index in [2.05, 4.69) is 10.5 Å². The summed E-state index contributed by atoms with van der Waals surface area (Å²) in [5, 5.41) is 3.54. The van der Waals surface area contributed by atoms with E-state index in [0.717, 1.165) is 18.3 Å². The van der Waals surface area contributed by atoms with Crippen LogP contribution in [0.2, 0.25) is 0 Å². The number of amides is 1. The molecule has 0 aliphatic rings. The van der Waals surface area contributed by atoms with E-state index in [1.54, 1.807) is 19.9 Å². The van der Waals surface area contributed by atoms with E-state index in [9.17, 15) is 13.6 Å². The maximum absolute atomic E-state index is 13.3. The van der Waals surface area contributed by atoms with Crippen LogP contribution in [0.25, 0.3) is 0 Å². The molecule has 0 saturated carbocycles. The van der Waals surface area contributed by atoms with Gasteiger partial charge in [-0.05, 0) is 32.0 Å². The van der Waals surface area contributed by atoms with Crippen LogP contribution in [0, 0.1) is 25.5 Å². The molecule has 1 amide bonds. The molecule has 0 atom stereocenters. The lowest BCUT2D eigenvalue weighted by atomic mass is 10.2. The van der Waals surface area contributed by atoms with Gasteiger partial charge in [0.15, 0.2) is 0 Å². The molecule has 0 aliphatic heterocycles. The van der Waals surface area contributed by atoms with Crippen LogP contribution in [0.15, 0.2) is 33.8 Å². The maximum Gasteiger partial charge on any atom is 0.274 e. The number of hydrogen-bond donors (Lipinski definition) is 1. The van der Waals surface area contributed by atoms with Gasteiger partial charge in [0, 0.05) is 0 Å². The second kappa shape index (κ2) is 5.64. The maximum atomic E-state index is 13.3. The Morgan fingerprint density at radius 3 is 2.50 bits per heavy atom. The molecule has 0 aliphatic carbocycles. The summed E-state index contributed by atoms with van der Waals surface area (Å²) in [4.78, 5) is 11.8. The molecule has 0 saturated heterocycles. The fourth-order valence-electron chi connectivity index (χ4n) is 1.71. The third-order valence-corrected chi connectivity index (χ3v) is 2.65. The zero-order chi connectivity index (χ0) is 14.7. The van der Waals surface area contributed by atoms with Crippen molar-refractivity contribution in [3.8, 4) is 0 Å². The number of nitrogens with zero attached hydrogens (tertiary/aromatic N) is 1. The van der Waals surface area contributed by atoms with E-state index in [-0.39, 0.29) is 5.56 Å². The normalized spacial score (nSPS) is 11.0. The third-order valence-electron chi connectivity index (χ3n) is 2.65. The Hall–Kier alpha value is -2.50. The first-order valence-electron chi connectivity index (χ1n) is 5.83.